The van der Waals surface area contributed by atoms with Crippen molar-refractivity contribution in [3.63, 3.8) is 0 Å². The lowest BCUT2D eigenvalue weighted by Gasteiger charge is -2.06. The lowest BCUT2D eigenvalue weighted by molar-refractivity contribution is 1.06. The Morgan fingerprint density at radius 3 is 2.33 bits per heavy atom. The normalized spacial score (nSPS) is 15.7. The van der Waals surface area contributed by atoms with E-state index < -0.39 is 0 Å². The molecule has 0 spiro atoms. The first kappa shape index (κ1) is 10.2. The third-order valence-corrected chi connectivity index (χ3v) is 3.13. The Balaban J connectivity index is 2.32. The van der Waals surface area contributed by atoms with E-state index in [0.29, 0.717) is 0 Å². The number of allylic oxidation sites excluding steroid dienone is 4. The largest absolute Gasteiger partial charge is 0.0658 e. The average Bonchev–Trinajstić information content (AvgIpc) is 2.73. The van der Waals surface area contributed by atoms with Gasteiger partial charge in [0.1, 0.15) is 0 Å². The van der Waals surface area contributed by atoms with E-state index in [9.17, 15) is 0 Å². The molecule has 0 saturated carbocycles. The van der Waals surface area contributed by atoms with Gasteiger partial charge in [0, 0.05) is 0 Å². The van der Waals surface area contributed by atoms with E-state index >= 15 is 0 Å². The summed E-state index contributed by atoms with van der Waals surface area (Å²) in [4.78, 5) is 0. The molecule has 0 aliphatic heterocycles. The Bertz CT molecular complexity index is 393. The molecule has 78 valence electrons. The van der Waals surface area contributed by atoms with Crippen molar-refractivity contribution in [2.24, 2.45) is 0 Å². The van der Waals surface area contributed by atoms with Gasteiger partial charge in [0.05, 0.1) is 0 Å². The van der Waals surface area contributed by atoms with Crippen LogP contribution >= 0.6 is 0 Å². The monoisotopic (exact) mass is 198 g/mol. The van der Waals surface area contributed by atoms with Crippen molar-refractivity contribution in [1.29, 1.82) is 0 Å². The summed E-state index contributed by atoms with van der Waals surface area (Å²) >= 11 is 0. The first-order chi connectivity index (χ1) is 7.35. The van der Waals surface area contributed by atoms with Crippen molar-refractivity contribution in [1.82, 2.24) is 0 Å². The van der Waals surface area contributed by atoms with Gasteiger partial charge >= 0.3 is 0 Å². The van der Waals surface area contributed by atoms with Crippen molar-refractivity contribution >= 4 is 5.57 Å². The Morgan fingerprint density at radius 1 is 1.00 bits per heavy atom. The van der Waals surface area contributed by atoms with Crippen LogP contribution in [0.4, 0.5) is 0 Å². The molecule has 0 amide bonds. The predicted octanol–water partition coefficient (Wildman–Crippen LogP) is 4.59. The summed E-state index contributed by atoms with van der Waals surface area (Å²) in [6, 6.07) is 10.8. The topological polar surface area (TPSA) is 0 Å². The zero-order chi connectivity index (χ0) is 10.7. The standard InChI is InChI=1S/C15H18/c1-3-12-10-13(4-2)15(11-12)14-8-6-5-7-9-14/h5-10H,3-4,11H2,1-2H3. The minimum absolute atomic E-state index is 1.15. The van der Waals surface area contributed by atoms with E-state index in [4.69, 9.17) is 0 Å². The van der Waals surface area contributed by atoms with Crippen LogP contribution in [-0.4, -0.2) is 0 Å². The van der Waals surface area contributed by atoms with E-state index in [1.165, 1.54) is 23.1 Å². The van der Waals surface area contributed by atoms with Gasteiger partial charge in [-0.15, -0.1) is 0 Å². The van der Waals surface area contributed by atoms with Crippen LogP contribution in [0.25, 0.3) is 5.57 Å². The Kier molecular flexibility index (Phi) is 3.05. The maximum Gasteiger partial charge on any atom is -0.00553 e. The molecular weight excluding hydrogens is 180 g/mol. The van der Waals surface area contributed by atoms with Gasteiger partial charge in [-0.1, -0.05) is 55.8 Å². The number of rotatable bonds is 3. The van der Waals surface area contributed by atoms with Crippen molar-refractivity contribution in [3.8, 4) is 0 Å². The van der Waals surface area contributed by atoms with E-state index in [1.807, 2.05) is 0 Å². The quantitative estimate of drug-likeness (QED) is 0.666. The van der Waals surface area contributed by atoms with Crippen LogP contribution in [-0.2, 0) is 0 Å². The third kappa shape index (κ3) is 2.04. The van der Waals surface area contributed by atoms with Gasteiger partial charge in [0.25, 0.3) is 0 Å². The van der Waals surface area contributed by atoms with Crippen molar-refractivity contribution in [2.45, 2.75) is 33.1 Å². The van der Waals surface area contributed by atoms with E-state index in [0.717, 1.165) is 12.8 Å². The zero-order valence-corrected chi connectivity index (χ0v) is 9.59. The Morgan fingerprint density at radius 2 is 1.73 bits per heavy atom. The van der Waals surface area contributed by atoms with Gasteiger partial charge in [-0.05, 0) is 36.0 Å². The van der Waals surface area contributed by atoms with E-state index in [2.05, 4.69) is 50.3 Å². The molecule has 1 aromatic carbocycles. The minimum atomic E-state index is 1.15. The second kappa shape index (κ2) is 4.48. The fraction of sp³-hybridized carbons (Fsp3) is 0.333. The third-order valence-electron chi connectivity index (χ3n) is 3.13. The van der Waals surface area contributed by atoms with Crippen LogP contribution in [0.5, 0.6) is 0 Å². The molecule has 2 rings (SSSR count). The number of benzene rings is 1. The van der Waals surface area contributed by atoms with Gasteiger partial charge in [-0.3, -0.25) is 0 Å². The molecule has 0 heterocycles. The average molecular weight is 198 g/mol. The van der Waals surface area contributed by atoms with Crippen LogP contribution in [0.3, 0.4) is 0 Å². The fourth-order valence-electron chi connectivity index (χ4n) is 2.19. The molecule has 0 atom stereocenters. The summed E-state index contributed by atoms with van der Waals surface area (Å²) in [5.41, 5.74) is 6.03. The summed E-state index contributed by atoms with van der Waals surface area (Å²) in [6.07, 6.45) is 5.87. The SMILES string of the molecule is CCC1=CC(CC)=C(c2ccccc2)C1. The highest BCUT2D eigenvalue weighted by atomic mass is 14.2. The van der Waals surface area contributed by atoms with Crippen molar-refractivity contribution in [3.05, 3.63) is 53.1 Å². The van der Waals surface area contributed by atoms with Gasteiger partial charge in [-0.2, -0.15) is 0 Å². The molecule has 0 N–H and O–H groups in total. The van der Waals surface area contributed by atoms with Crippen LogP contribution < -0.4 is 0 Å². The molecule has 1 aliphatic rings. The molecule has 1 aliphatic carbocycles. The number of hydrogen-bond donors (Lipinski definition) is 0. The fourth-order valence-corrected chi connectivity index (χ4v) is 2.19. The van der Waals surface area contributed by atoms with Gasteiger partial charge in [0.15, 0.2) is 0 Å². The van der Waals surface area contributed by atoms with Crippen LogP contribution in [0.1, 0.15) is 38.7 Å². The molecule has 0 radical (unpaired) electrons. The van der Waals surface area contributed by atoms with Crippen LogP contribution in [0.15, 0.2) is 47.6 Å². The van der Waals surface area contributed by atoms with Crippen molar-refractivity contribution in [2.75, 3.05) is 0 Å². The van der Waals surface area contributed by atoms with Gasteiger partial charge in [0.2, 0.25) is 0 Å². The molecule has 0 saturated heterocycles. The van der Waals surface area contributed by atoms with Crippen LogP contribution in [0, 0.1) is 0 Å². The Labute approximate surface area is 92.3 Å². The molecule has 1 aromatic rings. The summed E-state index contributed by atoms with van der Waals surface area (Å²) in [5.74, 6) is 0. The van der Waals surface area contributed by atoms with Gasteiger partial charge < -0.3 is 0 Å². The number of hydrogen-bond acceptors (Lipinski definition) is 0. The lowest BCUT2D eigenvalue weighted by Crippen LogP contribution is -1.85. The Hall–Kier alpha value is -1.30. The molecule has 0 nitrogen and oxygen atoms in total. The summed E-state index contributed by atoms with van der Waals surface area (Å²) in [7, 11) is 0. The second-order valence-electron chi connectivity index (χ2n) is 4.06. The molecule has 0 unspecified atom stereocenters. The highest BCUT2D eigenvalue weighted by molar-refractivity contribution is 5.76. The molecule has 0 aromatic heterocycles. The first-order valence-corrected chi connectivity index (χ1v) is 5.82. The molecule has 0 fully saturated rings. The summed E-state index contributed by atoms with van der Waals surface area (Å²) in [6.45, 7) is 4.49. The molecule has 0 bridgehead atoms. The highest BCUT2D eigenvalue weighted by Crippen LogP contribution is 2.35. The van der Waals surface area contributed by atoms with Crippen LogP contribution in [0.2, 0.25) is 0 Å². The summed E-state index contributed by atoms with van der Waals surface area (Å²) < 4.78 is 0. The van der Waals surface area contributed by atoms with Crippen molar-refractivity contribution < 1.29 is 0 Å². The minimum Gasteiger partial charge on any atom is -0.0658 e. The molecular formula is C15H18. The smallest absolute Gasteiger partial charge is 0.00553 e. The maximum absolute atomic E-state index is 2.39. The van der Waals surface area contributed by atoms with Gasteiger partial charge in [-0.25, -0.2) is 0 Å². The first-order valence-electron chi connectivity index (χ1n) is 5.82. The van der Waals surface area contributed by atoms with E-state index in [-0.39, 0.29) is 0 Å². The predicted molar refractivity (Wildman–Crippen MR) is 66.6 cm³/mol. The summed E-state index contributed by atoms with van der Waals surface area (Å²) in [5, 5.41) is 0. The maximum atomic E-state index is 2.39. The second-order valence-corrected chi connectivity index (χ2v) is 4.06. The lowest BCUT2D eigenvalue weighted by atomic mass is 9.99. The zero-order valence-electron chi connectivity index (χ0n) is 9.59. The van der Waals surface area contributed by atoms with E-state index in [1.54, 1.807) is 5.57 Å². The molecule has 0 heteroatoms. The molecule has 15 heavy (non-hydrogen) atoms. The highest BCUT2D eigenvalue weighted by Gasteiger charge is 2.14.